The van der Waals surface area contributed by atoms with Gasteiger partial charge in [-0.05, 0) is 54.8 Å². The largest absolute Gasteiger partial charge is 0.390 e. The molecule has 4 aromatic heterocycles. The van der Waals surface area contributed by atoms with E-state index < -0.39 is 17.1 Å². The molecule has 1 aromatic carbocycles. The summed E-state index contributed by atoms with van der Waals surface area (Å²) < 4.78 is 1.77. The minimum absolute atomic E-state index is 0.177. The van der Waals surface area contributed by atoms with Crippen LogP contribution in [0.2, 0.25) is 0 Å². The molecule has 1 aliphatic heterocycles. The van der Waals surface area contributed by atoms with Crippen molar-refractivity contribution in [3.05, 3.63) is 102 Å². The number of aryl methyl sites for hydroxylation is 1. The average Bonchev–Trinajstić information content (AvgIpc) is 3.55. The number of amides is 1. The van der Waals surface area contributed by atoms with E-state index in [0.717, 1.165) is 50.2 Å². The first kappa shape index (κ1) is 25.7. The van der Waals surface area contributed by atoms with Crippen LogP contribution in [0, 0.1) is 12.8 Å². The monoisotopic (exact) mass is 568 g/mol. The van der Waals surface area contributed by atoms with Gasteiger partial charge in [-0.2, -0.15) is 9.61 Å². The molecule has 9 heteroatoms. The van der Waals surface area contributed by atoms with Gasteiger partial charge in [0, 0.05) is 60.6 Å². The summed E-state index contributed by atoms with van der Waals surface area (Å²) in [5, 5.41) is 16.4. The van der Waals surface area contributed by atoms with Gasteiger partial charge in [0.15, 0.2) is 17.1 Å². The Bertz CT molecular complexity index is 2030. The molecule has 2 fully saturated rings. The van der Waals surface area contributed by atoms with Crippen molar-refractivity contribution in [3.8, 4) is 22.4 Å². The van der Waals surface area contributed by atoms with Crippen molar-refractivity contribution < 1.29 is 14.7 Å². The Morgan fingerprint density at radius 2 is 1.77 bits per heavy atom. The fourth-order valence-electron chi connectivity index (χ4n) is 7.17. The lowest BCUT2D eigenvalue weighted by molar-refractivity contribution is -0.163. The van der Waals surface area contributed by atoms with E-state index in [4.69, 9.17) is 4.98 Å². The number of allylic oxidation sites excluding steroid dienone is 3. The number of nitrogens with zero attached hydrogens (tertiary/aromatic N) is 6. The lowest BCUT2D eigenvalue weighted by atomic mass is 9.61. The maximum atomic E-state index is 13.6. The van der Waals surface area contributed by atoms with E-state index in [1.54, 1.807) is 29.9 Å². The van der Waals surface area contributed by atoms with Crippen LogP contribution in [-0.2, 0) is 15.1 Å². The van der Waals surface area contributed by atoms with Gasteiger partial charge in [-0.3, -0.25) is 14.6 Å². The van der Waals surface area contributed by atoms with Gasteiger partial charge >= 0.3 is 0 Å². The number of pyridine rings is 2. The van der Waals surface area contributed by atoms with Gasteiger partial charge in [0.25, 0.3) is 0 Å². The molecule has 8 rings (SSSR count). The van der Waals surface area contributed by atoms with Crippen LogP contribution in [0.3, 0.4) is 0 Å². The third-order valence-electron chi connectivity index (χ3n) is 9.01. The van der Waals surface area contributed by atoms with E-state index in [2.05, 4.69) is 21.1 Å². The zero-order valence-electron chi connectivity index (χ0n) is 23.7. The summed E-state index contributed by atoms with van der Waals surface area (Å²) in [4.78, 5) is 41.9. The Labute approximate surface area is 247 Å². The van der Waals surface area contributed by atoms with Gasteiger partial charge in [-0.15, -0.1) is 0 Å². The highest BCUT2D eigenvalue weighted by Crippen LogP contribution is 2.55. The first-order chi connectivity index (χ1) is 20.7. The molecule has 1 atom stereocenters. The van der Waals surface area contributed by atoms with Crippen LogP contribution in [0.1, 0.15) is 31.0 Å². The van der Waals surface area contributed by atoms with Crippen molar-refractivity contribution in [1.29, 1.82) is 0 Å². The molecule has 0 bridgehead atoms. The Morgan fingerprint density at radius 1 is 1.00 bits per heavy atom. The van der Waals surface area contributed by atoms with Gasteiger partial charge in [0.1, 0.15) is 5.92 Å². The molecule has 3 aliphatic rings. The topological polar surface area (TPSA) is 114 Å². The Balaban J connectivity index is 1.25. The van der Waals surface area contributed by atoms with E-state index in [-0.39, 0.29) is 11.7 Å². The zero-order chi connectivity index (χ0) is 29.5. The maximum Gasteiger partial charge on any atom is 0.238 e. The van der Waals surface area contributed by atoms with E-state index in [1.165, 1.54) is 6.08 Å². The van der Waals surface area contributed by atoms with Crippen molar-refractivity contribution in [2.75, 3.05) is 6.54 Å². The minimum Gasteiger partial charge on any atom is -0.390 e. The Morgan fingerprint density at radius 3 is 2.49 bits per heavy atom. The Kier molecular flexibility index (Phi) is 5.37. The summed E-state index contributed by atoms with van der Waals surface area (Å²) in [6.07, 6.45) is 11.2. The van der Waals surface area contributed by atoms with Crippen LogP contribution in [0.25, 0.3) is 39.1 Å². The fourth-order valence-corrected chi connectivity index (χ4v) is 7.17. The molecule has 43 heavy (non-hydrogen) atoms. The summed E-state index contributed by atoms with van der Waals surface area (Å²) >= 11 is 0. The number of carbonyl (C=O) groups is 2. The second-order valence-corrected chi connectivity index (χ2v) is 12.2. The van der Waals surface area contributed by atoms with Crippen LogP contribution >= 0.6 is 0 Å². The number of rotatable bonds is 4. The fraction of sp³-hybridized carbons (Fsp3) is 0.235. The molecule has 212 valence electrons. The maximum absolute atomic E-state index is 13.6. The quantitative estimate of drug-likeness (QED) is 0.316. The molecule has 1 amide bonds. The molecule has 0 radical (unpaired) electrons. The number of benzene rings is 1. The molecule has 9 nitrogen and oxygen atoms in total. The molecule has 1 unspecified atom stereocenters. The van der Waals surface area contributed by atoms with E-state index in [9.17, 15) is 14.7 Å². The number of carbonyl (C=O) groups excluding carboxylic acids is 2. The van der Waals surface area contributed by atoms with Crippen molar-refractivity contribution in [3.63, 3.8) is 0 Å². The number of hydrogen-bond acceptors (Lipinski definition) is 7. The first-order valence-electron chi connectivity index (χ1n) is 14.3. The lowest BCUT2D eigenvalue weighted by Crippen LogP contribution is -2.62. The van der Waals surface area contributed by atoms with Crippen molar-refractivity contribution in [2.24, 2.45) is 5.92 Å². The second kappa shape index (κ2) is 8.99. The first-order valence-corrected chi connectivity index (χ1v) is 14.3. The van der Waals surface area contributed by atoms with Crippen LogP contribution in [0.4, 0.5) is 0 Å². The molecule has 1 saturated carbocycles. The highest BCUT2D eigenvalue weighted by molar-refractivity contribution is 6.12. The van der Waals surface area contributed by atoms with Crippen LogP contribution < -0.4 is 0 Å². The molecular formula is C34H28N6O3. The number of fused-ring (bicyclic) bond motifs is 4. The standard InChI is InChI=1S/C34H28N6O3/c1-20-14-28-36-16-24-15-26(21-10-12-35-13-11-21)30(37-31(24)40(28)38-20)22-6-8-25(9-7-22)34(18-33(2,43)19-34)39-17-23-4-3-5-27(41)29(23)32(39)42/h3-16,29,43H,17-19H2,1-2H3. The summed E-state index contributed by atoms with van der Waals surface area (Å²) in [6, 6.07) is 16.0. The SMILES string of the molecule is Cc1cc2ncc3cc(-c4ccncc4)c(-c4ccc(C5(N6CC7=CC=CC(=O)C7C6=O)CC(C)(O)C5)cc4)nc3n2n1. The van der Waals surface area contributed by atoms with Crippen LogP contribution in [-0.4, -0.2) is 58.4 Å². The van der Waals surface area contributed by atoms with Crippen molar-refractivity contribution in [2.45, 2.75) is 37.8 Å². The number of ketones is 1. The van der Waals surface area contributed by atoms with Gasteiger partial charge in [-0.25, -0.2) is 9.97 Å². The minimum atomic E-state index is -0.904. The highest BCUT2D eigenvalue weighted by Gasteiger charge is 2.60. The van der Waals surface area contributed by atoms with E-state index >= 15 is 0 Å². The number of likely N-dealkylation sites (tertiary alicyclic amines) is 1. The number of hydrogen-bond donors (Lipinski definition) is 1. The predicted octanol–water partition coefficient (Wildman–Crippen LogP) is 4.58. The molecule has 5 heterocycles. The number of aromatic nitrogens is 5. The van der Waals surface area contributed by atoms with Gasteiger partial charge in [-0.1, -0.05) is 36.4 Å². The summed E-state index contributed by atoms with van der Waals surface area (Å²) in [5.74, 6) is -1.12. The summed E-state index contributed by atoms with van der Waals surface area (Å²) in [5.41, 5.74) is 6.03. The van der Waals surface area contributed by atoms with E-state index in [0.29, 0.717) is 25.0 Å². The van der Waals surface area contributed by atoms with E-state index in [1.807, 2.05) is 66.6 Å². The zero-order valence-corrected chi connectivity index (χ0v) is 23.7. The average molecular weight is 569 g/mol. The summed E-state index contributed by atoms with van der Waals surface area (Å²) in [7, 11) is 0. The Hall–Kier alpha value is -5.02. The molecule has 2 aliphatic carbocycles. The molecule has 0 spiro atoms. The summed E-state index contributed by atoms with van der Waals surface area (Å²) in [6.45, 7) is 4.11. The van der Waals surface area contributed by atoms with Crippen LogP contribution in [0.5, 0.6) is 0 Å². The third-order valence-corrected chi connectivity index (χ3v) is 9.01. The smallest absolute Gasteiger partial charge is 0.238 e. The second-order valence-electron chi connectivity index (χ2n) is 12.2. The van der Waals surface area contributed by atoms with Crippen molar-refractivity contribution in [1.82, 2.24) is 29.5 Å². The van der Waals surface area contributed by atoms with Gasteiger partial charge in [0.2, 0.25) is 5.91 Å². The van der Waals surface area contributed by atoms with Crippen LogP contribution in [0.15, 0.2) is 90.9 Å². The highest BCUT2D eigenvalue weighted by atomic mass is 16.3. The predicted molar refractivity (Wildman–Crippen MR) is 161 cm³/mol. The molecule has 1 saturated heterocycles. The third kappa shape index (κ3) is 3.88. The van der Waals surface area contributed by atoms with Gasteiger partial charge < -0.3 is 10.0 Å². The normalized spacial score (nSPS) is 24.9. The molecule has 1 N–H and O–H groups in total. The van der Waals surface area contributed by atoms with Gasteiger partial charge in [0.05, 0.1) is 22.5 Å². The van der Waals surface area contributed by atoms with Crippen molar-refractivity contribution >= 4 is 28.4 Å². The number of aliphatic hydroxyl groups is 1. The lowest BCUT2D eigenvalue weighted by Gasteiger charge is -2.56. The molecular weight excluding hydrogens is 540 g/mol. The molecule has 5 aromatic rings.